The topological polar surface area (TPSA) is 56.1 Å². The van der Waals surface area contributed by atoms with Crippen LogP contribution in [0.5, 0.6) is 5.75 Å². The Morgan fingerprint density at radius 3 is 2.82 bits per heavy atom. The largest absolute Gasteiger partial charge is 0.485 e. The van der Waals surface area contributed by atoms with E-state index in [4.69, 9.17) is 16.3 Å². The highest BCUT2D eigenvalue weighted by Gasteiger charge is 2.32. The first kappa shape index (κ1) is 14.9. The molecule has 0 radical (unpaired) electrons. The van der Waals surface area contributed by atoms with Crippen LogP contribution < -0.4 is 10.1 Å². The molecule has 0 unspecified atom stereocenters. The number of nitrogens with one attached hydrogen (secondary N) is 1. The van der Waals surface area contributed by atoms with E-state index >= 15 is 0 Å². The minimum Gasteiger partial charge on any atom is -0.485 e. The van der Waals surface area contributed by atoms with Gasteiger partial charge >= 0.3 is 0 Å². The van der Waals surface area contributed by atoms with Gasteiger partial charge in [-0.15, -0.1) is 0 Å². The first-order chi connectivity index (χ1) is 10.3. The number of ether oxygens (including phenoxy) is 1. The van der Waals surface area contributed by atoms with Crippen LogP contribution in [0.3, 0.4) is 0 Å². The smallest absolute Gasteiger partial charge is 0.277 e. The molecule has 1 aromatic heterocycles. The Bertz CT molecular complexity index is 765. The lowest BCUT2D eigenvalue weighted by atomic mass is 10.0. The van der Waals surface area contributed by atoms with E-state index in [1.807, 2.05) is 39.0 Å². The van der Waals surface area contributed by atoms with Gasteiger partial charge in [0.05, 0.1) is 16.4 Å². The molecule has 2 heterocycles. The lowest BCUT2D eigenvalue weighted by Crippen LogP contribution is -2.25. The summed E-state index contributed by atoms with van der Waals surface area (Å²) in [5.74, 6) is 0.389. The van der Waals surface area contributed by atoms with Crippen LogP contribution in [0.4, 0.5) is 5.69 Å². The molecule has 1 amide bonds. The van der Waals surface area contributed by atoms with E-state index in [0.29, 0.717) is 10.7 Å². The van der Waals surface area contributed by atoms with Crippen molar-refractivity contribution in [1.82, 2.24) is 9.78 Å². The summed E-state index contributed by atoms with van der Waals surface area (Å²) in [4.78, 5) is 12.4. The number of halogens is 1. The molecular formula is C16H18ClN3O2. The van der Waals surface area contributed by atoms with Crippen molar-refractivity contribution in [3.63, 3.8) is 0 Å². The summed E-state index contributed by atoms with van der Waals surface area (Å²) >= 11 is 6.16. The Labute approximate surface area is 134 Å². The highest BCUT2D eigenvalue weighted by Crippen LogP contribution is 2.40. The molecule has 0 fully saturated rings. The minimum absolute atomic E-state index is 0.219. The number of fused-ring (bicyclic) bond motifs is 1. The summed E-state index contributed by atoms with van der Waals surface area (Å²) in [5, 5.41) is 7.38. The summed E-state index contributed by atoms with van der Waals surface area (Å²) in [5.41, 5.74) is 2.44. The molecule has 6 heteroatoms. The van der Waals surface area contributed by atoms with Crippen molar-refractivity contribution in [3.05, 3.63) is 40.2 Å². The second kappa shape index (κ2) is 5.02. The van der Waals surface area contributed by atoms with Crippen LogP contribution in [-0.2, 0) is 13.5 Å². The lowest BCUT2D eigenvalue weighted by molar-refractivity contribution is 0.101. The number of para-hydroxylation sites is 1. The average molecular weight is 320 g/mol. The molecule has 1 N–H and O–H groups in total. The third-order valence-electron chi connectivity index (χ3n) is 3.82. The lowest BCUT2D eigenvalue weighted by Gasteiger charge is -2.18. The van der Waals surface area contributed by atoms with Crippen LogP contribution in [0.15, 0.2) is 18.2 Å². The van der Waals surface area contributed by atoms with E-state index in [1.165, 1.54) is 0 Å². The number of nitrogens with zero attached hydrogens (tertiary/aromatic N) is 2. The molecule has 2 aromatic rings. The number of rotatable bonds is 2. The summed E-state index contributed by atoms with van der Waals surface area (Å²) in [6.45, 7) is 5.87. The van der Waals surface area contributed by atoms with Gasteiger partial charge < -0.3 is 10.1 Å². The van der Waals surface area contributed by atoms with Crippen LogP contribution in [0.1, 0.15) is 35.6 Å². The molecule has 1 aromatic carbocycles. The number of hydrogen-bond acceptors (Lipinski definition) is 3. The third-order valence-corrected chi connectivity index (χ3v) is 4.27. The molecule has 5 nitrogen and oxygen atoms in total. The second-order valence-electron chi connectivity index (χ2n) is 6.16. The predicted octanol–water partition coefficient (Wildman–Crippen LogP) is 3.35. The van der Waals surface area contributed by atoms with Crippen molar-refractivity contribution >= 4 is 23.2 Å². The maximum Gasteiger partial charge on any atom is 0.277 e. The number of aromatic nitrogens is 2. The van der Waals surface area contributed by atoms with E-state index in [0.717, 1.165) is 23.4 Å². The highest BCUT2D eigenvalue weighted by atomic mass is 35.5. The molecule has 0 spiro atoms. The maximum absolute atomic E-state index is 12.4. The number of amides is 1. The van der Waals surface area contributed by atoms with Crippen LogP contribution in [-0.4, -0.2) is 21.3 Å². The summed E-state index contributed by atoms with van der Waals surface area (Å²) < 4.78 is 7.54. The fourth-order valence-corrected chi connectivity index (χ4v) is 2.87. The number of aryl methyl sites for hydroxylation is 1. The zero-order valence-corrected chi connectivity index (χ0v) is 13.8. The number of benzene rings is 1. The second-order valence-corrected chi connectivity index (χ2v) is 6.54. The van der Waals surface area contributed by atoms with Crippen LogP contribution in [0.25, 0.3) is 0 Å². The highest BCUT2D eigenvalue weighted by molar-refractivity contribution is 6.34. The van der Waals surface area contributed by atoms with Gasteiger partial charge in [0.15, 0.2) is 5.69 Å². The SMILES string of the molecule is Cc1c(Cl)c(C(=O)Nc2cccc3c2OC(C)(C)C3)nn1C. The van der Waals surface area contributed by atoms with Gasteiger partial charge in [0.2, 0.25) is 0 Å². The quantitative estimate of drug-likeness (QED) is 0.923. The van der Waals surface area contributed by atoms with Gasteiger partial charge in [-0.2, -0.15) is 5.10 Å². The Hall–Kier alpha value is -2.01. The van der Waals surface area contributed by atoms with Gasteiger partial charge in [-0.1, -0.05) is 23.7 Å². The summed E-state index contributed by atoms with van der Waals surface area (Å²) in [6, 6.07) is 5.74. The predicted molar refractivity (Wildman–Crippen MR) is 85.8 cm³/mol. The van der Waals surface area contributed by atoms with E-state index in [-0.39, 0.29) is 17.2 Å². The molecular weight excluding hydrogens is 302 g/mol. The van der Waals surface area contributed by atoms with E-state index < -0.39 is 0 Å². The third kappa shape index (κ3) is 2.46. The van der Waals surface area contributed by atoms with Crippen LogP contribution in [0, 0.1) is 6.92 Å². The van der Waals surface area contributed by atoms with Gasteiger partial charge in [0.1, 0.15) is 11.4 Å². The van der Waals surface area contributed by atoms with Crippen molar-refractivity contribution in [2.45, 2.75) is 32.8 Å². The van der Waals surface area contributed by atoms with Gasteiger partial charge in [0, 0.05) is 19.0 Å². The van der Waals surface area contributed by atoms with Gasteiger partial charge in [-0.25, -0.2) is 0 Å². The standard InChI is InChI=1S/C16H18ClN3O2/c1-9-12(17)13(19-20(9)4)15(21)18-11-7-5-6-10-8-16(2,3)22-14(10)11/h5-7H,8H2,1-4H3,(H,18,21). The van der Waals surface area contributed by atoms with E-state index in [9.17, 15) is 4.79 Å². The maximum atomic E-state index is 12.4. The average Bonchev–Trinajstić information content (AvgIpc) is 2.89. The molecule has 0 saturated heterocycles. The first-order valence-corrected chi connectivity index (χ1v) is 7.47. The molecule has 0 bridgehead atoms. The summed E-state index contributed by atoms with van der Waals surface area (Å²) in [7, 11) is 1.75. The molecule has 0 atom stereocenters. The van der Waals surface area contributed by atoms with Crippen LogP contribution in [0.2, 0.25) is 5.02 Å². The zero-order valence-electron chi connectivity index (χ0n) is 13.0. The number of hydrogen-bond donors (Lipinski definition) is 1. The first-order valence-electron chi connectivity index (χ1n) is 7.10. The van der Waals surface area contributed by atoms with Crippen molar-refractivity contribution < 1.29 is 9.53 Å². The molecule has 1 aliphatic heterocycles. The van der Waals surface area contributed by atoms with E-state index in [2.05, 4.69) is 10.4 Å². The van der Waals surface area contributed by atoms with E-state index in [1.54, 1.807) is 11.7 Å². The van der Waals surface area contributed by atoms with Gasteiger partial charge in [0.25, 0.3) is 5.91 Å². The molecule has 3 rings (SSSR count). The molecule has 1 aliphatic rings. The Morgan fingerprint density at radius 1 is 1.45 bits per heavy atom. The fraction of sp³-hybridized carbons (Fsp3) is 0.375. The molecule has 116 valence electrons. The molecule has 0 aliphatic carbocycles. The number of anilines is 1. The molecule has 22 heavy (non-hydrogen) atoms. The number of carbonyl (C=O) groups excluding carboxylic acids is 1. The van der Waals surface area contributed by atoms with Crippen molar-refractivity contribution in [1.29, 1.82) is 0 Å². The van der Waals surface area contributed by atoms with Crippen LogP contribution >= 0.6 is 11.6 Å². The Morgan fingerprint density at radius 2 is 2.18 bits per heavy atom. The summed E-state index contributed by atoms with van der Waals surface area (Å²) in [6.07, 6.45) is 0.815. The Kier molecular flexibility index (Phi) is 3.40. The normalized spacial score (nSPS) is 15.3. The van der Waals surface area contributed by atoms with Crippen molar-refractivity contribution in [2.24, 2.45) is 7.05 Å². The zero-order chi connectivity index (χ0) is 16.1. The van der Waals surface area contributed by atoms with Crippen molar-refractivity contribution in [2.75, 3.05) is 5.32 Å². The minimum atomic E-state index is -0.338. The number of carbonyl (C=O) groups is 1. The Balaban J connectivity index is 1.90. The van der Waals surface area contributed by atoms with Gasteiger partial charge in [-0.3, -0.25) is 9.48 Å². The monoisotopic (exact) mass is 319 g/mol. The van der Waals surface area contributed by atoms with Crippen molar-refractivity contribution in [3.8, 4) is 5.75 Å². The van der Waals surface area contributed by atoms with Gasteiger partial charge in [-0.05, 0) is 26.8 Å². The molecule has 0 saturated carbocycles. The fourth-order valence-electron chi connectivity index (χ4n) is 2.62.